The Bertz CT molecular complexity index is 1400. The second-order valence-electron chi connectivity index (χ2n) is 10.2. The number of carbonyl (C=O) groups excluding carboxylic acids is 2. The first-order chi connectivity index (χ1) is 19.1. The lowest BCUT2D eigenvalue weighted by Gasteiger charge is -2.33. The highest BCUT2D eigenvalue weighted by Gasteiger charge is 2.33. The zero-order valence-corrected chi connectivity index (χ0v) is 25.0. The molecule has 0 bridgehead atoms. The molecule has 0 aliphatic carbocycles. The zero-order valence-electron chi connectivity index (χ0n) is 24.2. The van der Waals surface area contributed by atoms with Crippen molar-refractivity contribution < 1.29 is 18.0 Å². The molecule has 8 heteroatoms. The molecule has 0 aliphatic rings. The standard InChI is InChI=1S/C32H41N3O4S/c1-6-8-20-33-32(37)30(7-2)34(22-27-14-10-9-13-26(27)5)31(36)23-35(28-15-11-12-25(4)21-28)40(38,39)29-18-16-24(3)17-19-29/h9-19,21,30H,6-8,20,22-23H2,1-5H3,(H,33,37). The van der Waals surface area contributed by atoms with Crippen molar-refractivity contribution in [3.8, 4) is 0 Å². The molecule has 0 saturated heterocycles. The summed E-state index contributed by atoms with van der Waals surface area (Å²) in [7, 11) is -4.08. The number of aryl methyl sites for hydroxylation is 3. The van der Waals surface area contributed by atoms with E-state index in [4.69, 9.17) is 0 Å². The van der Waals surface area contributed by atoms with Gasteiger partial charge in [0.15, 0.2) is 0 Å². The first-order valence-electron chi connectivity index (χ1n) is 13.9. The van der Waals surface area contributed by atoms with E-state index in [1.807, 2.05) is 65.0 Å². The van der Waals surface area contributed by atoms with Crippen LogP contribution in [0.25, 0.3) is 0 Å². The molecule has 7 nitrogen and oxygen atoms in total. The largest absolute Gasteiger partial charge is 0.354 e. The van der Waals surface area contributed by atoms with Gasteiger partial charge in [-0.15, -0.1) is 0 Å². The van der Waals surface area contributed by atoms with E-state index in [2.05, 4.69) is 5.32 Å². The molecule has 1 unspecified atom stereocenters. The Morgan fingerprint density at radius 2 is 1.57 bits per heavy atom. The van der Waals surface area contributed by atoms with Gasteiger partial charge in [-0.3, -0.25) is 13.9 Å². The van der Waals surface area contributed by atoms with Crippen LogP contribution in [0, 0.1) is 20.8 Å². The fourth-order valence-electron chi connectivity index (χ4n) is 4.55. The number of nitrogens with one attached hydrogen (secondary N) is 1. The number of rotatable bonds is 13. The Balaban J connectivity index is 2.05. The lowest BCUT2D eigenvalue weighted by molar-refractivity contribution is -0.140. The molecule has 0 heterocycles. The highest BCUT2D eigenvalue weighted by atomic mass is 32.2. The van der Waals surface area contributed by atoms with Crippen molar-refractivity contribution in [3.63, 3.8) is 0 Å². The van der Waals surface area contributed by atoms with Crippen LogP contribution in [0.5, 0.6) is 0 Å². The summed E-state index contributed by atoms with van der Waals surface area (Å²) in [6.45, 7) is 9.91. The highest BCUT2D eigenvalue weighted by molar-refractivity contribution is 7.92. The molecule has 1 atom stereocenters. The van der Waals surface area contributed by atoms with Crippen molar-refractivity contribution in [1.82, 2.24) is 10.2 Å². The average Bonchev–Trinajstić information content (AvgIpc) is 2.92. The summed E-state index contributed by atoms with van der Waals surface area (Å²) >= 11 is 0. The Morgan fingerprint density at radius 3 is 2.20 bits per heavy atom. The van der Waals surface area contributed by atoms with Gasteiger partial charge in [0.1, 0.15) is 12.6 Å². The van der Waals surface area contributed by atoms with Gasteiger partial charge >= 0.3 is 0 Å². The number of sulfonamides is 1. The van der Waals surface area contributed by atoms with Crippen LogP contribution in [0.2, 0.25) is 0 Å². The molecule has 0 aromatic heterocycles. The summed E-state index contributed by atoms with van der Waals surface area (Å²) in [6, 6.07) is 20.6. The molecule has 214 valence electrons. The number of carbonyl (C=O) groups is 2. The predicted molar refractivity (Wildman–Crippen MR) is 161 cm³/mol. The summed E-state index contributed by atoms with van der Waals surface area (Å²) in [6.07, 6.45) is 2.17. The molecule has 0 fully saturated rings. The van der Waals surface area contributed by atoms with E-state index in [1.165, 1.54) is 4.90 Å². The molecular weight excluding hydrogens is 522 g/mol. The third kappa shape index (κ3) is 7.72. The van der Waals surface area contributed by atoms with Gasteiger partial charge in [-0.1, -0.05) is 74.4 Å². The molecule has 0 aliphatic heterocycles. The molecule has 0 saturated carbocycles. The monoisotopic (exact) mass is 563 g/mol. The average molecular weight is 564 g/mol. The van der Waals surface area contributed by atoms with E-state index in [0.717, 1.165) is 39.4 Å². The lowest BCUT2D eigenvalue weighted by atomic mass is 10.1. The van der Waals surface area contributed by atoms with E-state index < -0.39 is 28.5 Å². The Hall–Kier alpha value is -3.65. The Morgan fingerprint density at radius 1 is 0.875 bits per heavy atom. The van der Waals surface area contributed by atoms with Crippen LogP contribution < -0.4 is 9.62 Å². The highest BCUT2D eigenvalue weighted by Crippen LogP contribution is 2.26. The summed E-state index contributed by atoms with van der Waals surface area (Å²) < 4.78 is 29.1. The molecule has 2 amide bonds. The molecule has 0 spiro atoms. The van der Waals surface area contributed by atoms with E-state index >= 15 is 0 Å². The van der Waals surface area contributed by atoms with Crippen molar-refractivity contribution in [2.45, 2.75) is 71.4 Å². The van der Waals surface area contributed by atoms with E-state index in [1.54, 1.807) is 42.5 Å². The van der Waals surface area contributed by atoms with Gasteiger partial charge in [0.2, 0.25) is 11.8 Å². The smallest absolute Gasteiger partial charge is 0.264 e. The lowest BCUT2D eigenvalue weighted by Crippen LogP contribution is -2.52. The molecule has 40 heavy (non-hydrogen) atoms. The first kappa shape index (κ1) is 30.9. The van der Waals surface area contributed by atoms with Gasteiger partial charge in [-0.05, 0) is 74.6 Å². The predicted octanol–water partition coefficient (Wildman–Crippen LogP) is 5.53. The van der Waals surface area contributed by atoms with Crippen molar-refractivity contribution >= 4 is 27.5 Å². The Kier molecular flexibility index (Phi) is 10.9. The topological polar surface area (TPSA) is 86.8 Å². The van der Waals surface area contributed by atoms with Gasteiger partial charge in [-0.25, -0.2) is 8.42 Å². The van der Waals surface area contributed by atoms with E-state index in [-0.39, 0.29) is 17.3 Å². The van der Waals surface area contributed by atoms with Gasteiger partial charge in [0.05, 0.1) is 10.6 Å². The minimum absolute atomic E-state index is 0.0993. The molecular formula is C32H41N3O4S. The van der Waals surface area contributed by atoms with Gasteiger partial charge in [0, 0.05) is 13.1 Å². The summed E-state index contributed by atoms with van der Waals surface area (Å²) in [5.41, 5.74) is 4.09. The second-order valence-corrected chi connectivity index (χ2v) is 12.0. The number of hydrogen-bond donors (Lipinski definition) is 1. The van der Waals surface area contributed by atoms with Crippen molar-refractivity contribution in [2.24, 2.45) is 0 Å². The van der Waals surface area contributed by atoms with Crippen molar-refractivity contribution in [2.75, 3.05) is 17.4 Å². The van der Waals surface area contributed by atoms with E-state index in [0.29, 0.717) is 18.7 Å². The fourth-order valence-corrected chi connectivity index (χ4v) is 5.95. The number of hydrogen-bond acceptors (Lipinski definition) is 4. The van der Waals surface area contributed by atoms with Crippen molar-refractivity contribution in [3.05, 3.63) is 95.1 Å². The van der Waals surface area contributed by atoms with Gasteiger partial charge < -0.3 is 10.2 Å². The van der Waals surface area contributed by atoms with E-state index in [9.17, 15) is 18.0 Å². The maximum absolute atomic E-state index is 14.1. The molecule has 1 N–H and O–H groups in total. The Labute approximate surface area is 239 Å². The minimum Gasteiger partial charge on any atom is -0.354 e. The van der Waals surface area contributed by atoms with Crippen LogP contribution in [0.15, 0.2) is 77.7 Å². The van der Waals surface area contributed by atoms with Crippen LogP contribution >= 0.6 is 0 Å². The summed E-state index contributed by atoms with van der Waals surface area (Å²) in [5, 5.41) is 2.96. The number of amides is 2. The molecule has 3 rings (SSSR count). The number of anilines is 1. The van der Waals surface area contributed by atoms with Crippen molar-refractivity contribution in [1.29, 1.82) is 0 Å². The van der Waals surface area contributed by atoms with Gasteiger partial charge in [0.25, 0.3) is 10.0 Å². The molecule has 3 aromatic carbocycles. The normalized spacial score (nSPS) is 12.0. The third-order valence-corrected chi connectivity index (χ3v) is 8.78. The van der Waals surface area contributed by atoms with Crippen LogP contribution in [-0.4, -0.2) is 44.3 Å². The van der Waals surface area contributed by atoms with Crippen LogP contribution in [0.4, 0.5) is 5.69 Å². The number of nitrogens with zero attached hydrogens (tertiary/aromatic N) is 2. The maximum Gasteiger partial charge on any atom is 0.264 e. The second kappa shape index (κ2) is 14.1. The minimum atomic E-state index is -4.08. The fraction of sp³-hybridized carbons (Fsp3) is 0.375. The number of unbranched alkanes of at least 4 members (excludes halogenated alkanes) is 1. The van der Waals surface area contributed by atoms with Crippen LogP contribution in [0.3, 0.4) is 0 Å². The maximum atomic E-state index is 14.1. The summed E-state index contributed by atoms with van der Waals surface area (Å²) in [5.74, 6) is -0.681. The first-order valence-corrected chi connectivity index (χ1v) is 15.3. The number of benzene rings is 3. The summed E-state index contributed by atoms with van der Waals surface area (Å²) in [4.78, 5) is 29.0. The zero-order chi connectivity index (χ0) is 29.3. The molecule has 3 aromatic rings. The quantitative estimate of drug-likeness (QED) is 0.277. The SMILES string of the molecule is CCCCNC(=O)C(CC)N(Cc1ccccc1C)C(=O)CN(c1cccc(C)c1)S(=O)(=O)c1ccc(C)cc1. The van der Waals surface area contributed by atoms with Gasteiger partial charge in [-0.2, -0.15) is 0 Å². The van der Waals surface area contributed by atoms with Crippen LogP contribution in [0.1, 0.15) is 55.4 Å². The molecule has 0 radical (unpaired) electrons. The third-order valence-electron chi connectivity index (χ3n) is 6.99. The van der Waals surface area contributed by atoms with Crippen LogP contribution in [-0.2, 0) is 26.2 Å².